The summed E-state index contributed by atoms with van der Waals surface area (Å²) in [4.78, 5) is 9.55. The van der Waals surface area contributed by atoms with Crippen LogP contribution in [-0.2, 0) is 14.8 Å². The van der Waals surface area contributed by atoms with E-state index >= 15 is 0 Å². The number of rotatable bonds is 7. The van der Waals surface area contributed by atoms with E-state index in [0.29, 0.717) is 5.75 Å². The van der Waals surface area contributed by atoms with Crippen LogP contribution in [0.25, 0.3) is 0 Å². The van der Waals surface area contributed by atoms with Gasteiger partial charge in [-0.2, -0.15) is 16.5 Å². The van der Waals surface area contributed by atoms with Gasteiger partial charge in [-0.3, -0.25) is 4.79 Å². The second-order valence-electron chi connectivity index (χ2n) is 3.99. The highest BCUT2D eigenvalue weighted by Crippen LogP contribution is 2.20. The summed E-state index contributed by atoms with van der Waals surface area (Å²) in [6.45, 7) is 0. The molecule has 0 spiro atoms. The van der Waals surface area contributed by atoms with Crippen molar-refractivity contribution < 1.29 is 31.5 Å². The molecule has 0 aliphatic heterocycles. The Kier molecular flexibility index (Phi) is 6.05. The number of halogens is 3. The highest BCUT2D eigenvalue weighted by atomic mass is 32.2. The van der Waals surface area contributed by atoms with E-state index in [9.17, 15) is 26.4 Å². The lowest BCUT2D eigenvalue weighted by molar-refractivity contribution is -0.139. The van der Waals surface area contributed by atoms with Gasteiger partial charge in [0.25, 0.3) is 0 Å². The van der Waals surface area contributed by atoms with Crippen LogP contribution in [0.1, 0.15) is 6.42 Å². The van der Waals surface area contributed by atoms with Crippen molar-refractivity contribution in [3.05, 3.63) is 29.6 Å². The lowest BCUT2D eigenvalue weighted by Gasteiger charge is -2.15. The van der Waals surface area contributed by atoms with Crippen LogP contribution < -0.4 is 4.72 Å². The van der Waals surface area contributed by atoms with Gasteiger partial charge in [0, 0.05) is 12.1 Å². The van der Waals surface area contributed by atoms with Crippen LogP contribution in [0.5, 0.6) is 0 Å². The Morgan fingerprint density at radius 1 is 1.33 bits per heavy atom. The zero-order valence-electron chi connectivity index (χ0n) is 10.8. The van der Waals surface area contributed by atoms with Crippen molar-refractivity contribution in [3.63, 3.8) is 0 Å². The average molecular weight is 343 g/mol. The van der Waals surface area contributed by atoms with Gasteiger partial charge in [-0.15, -0.1) is 0 Å². The largest absolute Gasteiger partial charge is 0.480 e. The van der Waals surface area contributed by atoms with Crippen LogP contribution in [0.15, 0.2) is 17.0 Å². The second kappa shape index (κ2) is 7.14. The number of aliphatic carboxylic acids is 1. The minimum Gasteiger partial charge on any atom is -0.480 e. The van der Waals surface area contributed by atoms with Gasteiger partial charge in [-0.1, -0.05) is 0 Å². The first-order valence-electron chi connectivity index (χ1n) is 5.57. The Hall–Kier alpha value is -1.26. The Bertz CT molecular complexity index is 613. The van der Waals surface area contributed by atoms with Crippen LogP contribution in [0.4, 0.5) is 13.2 Å². The van der Waals surface area contributed by atoms with Gasteiger partial charge in [0.2, 0.25) is 10.0 Å². The van der Waals surface area contributed by atoms with Crippen LogP contribution in [0, 0.1) is 17.5 Å². The smallest absolute Gasteiger partial charge is 0.321 e. The summed E-state index contributed by atoms with van der Waals surface area (Å²) in [5.41, 5.74) is 0. The predicted molar refractivity (Wildman–Crippen MR) is 71.1 cm³/mol. The van der Waals surface area contributed by atoms with Crippen LogP contribution in [-0.4, -0.2) is 37.5 Å². The van der Waals surface area contributed by atoms with Crippen molar-refractivity contribution in [1.82, 2.24) is 4.72 Å². The average Bonchev–Trinajstić information content (AvgIpc) is 2.32. The van der Waals surface area contributed by atoms with E-state index in [1.54, 1.807) is 11.0 Å². The lowest BCUT2D eigenvalue weighted by Crippen LogP contribution is -2.41. The van der Waals surface area contributed by atoms with Crippen molar-refractivity contribution in [2.45, 2.75) is 17.4 Å². The zero-order chi connectivity index (χ0) is 16.2. The molecule has 1 atom stereocenters. The van der Waals surface area contributed by atoms with E-state index in [4.69, 9.17) is 5.11 Å². The number of benzene rings is 1. The molecule has 0 aromatic heterocycles. The number of carboxylic acid groups (broad SMARTS) is 1. The number of hydrogen-bond acceptors (Lipinski definition) is 4. The Morgan fingerprint density at radius 3 is 2.29 bits per heavy atom. The molecule has 0 aliphatic rings. The molecule has 5 nitrogen and oxygen atoms in total. The quantitative estimate of drug-likeness (QED) is 0.785. The fourth-order valence-corrected chi connectivity index (χ4v) is 3.31. The van der Waals surface area contributed by atoms with E-state index < -0.39 is 44.4 Å². The van der Waals surface area contributed by atoms with Gasteiger partial charge in [0.05, 0.1) is 0 Å². The van der Waals surface area contributed by atoms with Crippen molar-refractivity contribution in [3.8, 4) is 0 Å². The monoisotopic (exact) mass is 343 g/mol. The highest BCUT2D eigenvalue weighted by molar-refractivity contribution is 7.98. The molecule has 21 heavy (non-hydrogen) atoms. The van der Waals surface area contributed by atoms with E-state index in [1.807, 2.05) is 0 Å². The fraction of sp³-hybridized carbons (Fsp3) is 0.364. The predicted octanol–water partition coefficient (Wildman–Crippen LogP) is 1.59. The number of hydrogen-bond donors (Lipinski definition) is 2. The molecule has 0 saturated heterocycles. The van der Waals surface area contributed by atoms with Gasteiger partial charge < -0.3 is 5.11 Å². The Labute approximate surface area is 123 Å². The standard InChI is InChI=1S/C11H12F3NO4S2/c1-20-3-2-9(11(16)17)15-21(18,19)10-7(13)4-6(12)5-8(10)14/h4-5,9,15H,2-3H2,1H3,(H,16,17). The molecule has 0 fully saturated rings. The molecule has 1 rings (SSSR count). The third-order valence-corrected chi connectivity index (χ3v) is 4.60. The van der Waals surface area contributed by atoms with Crippen molar-refractivity contribution in [1.29, 1.82) is 0 Å². The van der Waals surface area contributed by atoms with Gasteiger partial charge in [-0.05, 0) is 18.4 Å². The third-order valence-electron chi connectivity index (χ3n) is 2.44. The van der Waals surface area contributed by atoms with Gasteiger partial charge in [0.1, 0.15) is 23.5 Å². The molecular formula is C11H12F3NO4S2. The number of thioether (sulfide) groups is 1. The van der Waals surface area contributed by atoms with E-state index in [0.717, 1.165) is 0 Å². The molecule has 0 amide bonds. The molecular weight excluding hydrogens is 331 g/mol. The summed E-state index contributed by atoms with van der Waals surface area (Å²) >= 11 is 1.28. The molecule has 0 radical (unpaired) electrons. The van der Waals surface area contributed by atoms with Crippen LogP contribution in [0.3, 0.4) is 0 Å². The van der Waals surface area contributed by atoms with Crippen molar-refractivity contribution in [2.24, 2.45) is 0 Å². The minimum absolute atomic E-state index is 0.0693. The third kappa shape index (κ3) is 4.61. The number of carbonyl (C=O) groups is 1. The molecule has 0 aliphatic carbocycles. The number of carboxylic acids is 1. The van der Waals surface area contributed by atoms with Crippen LogP contribution >= 0.6 is 11.8 Å². The Morgan fingerprint density at radius 2 is 1.86 bits per heavy atom. The van der Waals surface area contributed by atoms with Gasteiger partial charge >= 0.3 is 5.97 Å². The first kappa shape index (κ1) is 17.8. The SMILES string of the molecule is CSCCC(NS(=O)(=O)c1c(F)cc(F)cc1F)C(=O)O. The highest BCUT2D eigenvalue weighted by Gasteiger charge is 2.30. The molecule has 118 valence electrons. The molecule has 2 N–H and O–H groups in total. The van der Waals surface area contributed by atoms with E-state index in [1.165, 1.54) is 11.8 Å². The molecule has 0 heterocycles. The second-order valence-corrected chi connectivity index (χ2v) is 6.63. The summed E-state index contributed by atoms with van der Waals surface area (Å²) in [5, 5.41) is 8.91. The molecule has 1 unspecified atom stereocenters. The molecule has 0 bridgehead atoms. The summed E-state index contributed by atoms with van der Waals surface area (Å²) in [5.74, 6) is -5.69. The molecule has 10 heteroatoms. The number of nitrogens with one attached hydrogen (secondary N) is 1. The van der Waals surface area contributed by atoms with Crippen molar-refractivity contribution >= 4 is 27.8 Å². The van der Waals surface area contributed by atoms with Gasteiger partial charge in [-0.25, -0.2) is 21.6 Å². The molecule has 1 aromatic carbocycles. The molecule has 0 saturated carbocycles. The van der Waals surface area contributed by atoms with Crippen LogP contribution in [0.2, 0.25) is 0 Å². The van der Waals surface area contributed by atoms with E-state index in [-0.39, 0.29) is 18.6 Å². The fourth-order valence-electron chi connectivity index (χ4n) is 1.50. The minimum atomic E-state index is -4.77. The normalized spacial score (nSPS) is 13.1. The first-order valence-corrected chi connectivity index (χ1v) is 8.45. The van der Waals surface area contributed by atoms with E-state index in [2.05, 4.69) is 0 Å². The summed E-state index contributed by atoms with van der Waals surface area (Å²) in [6, 6.07) is -1.13. The lowest BCUT2D eigenvalue weighted by atomic mass is 10.2. The zero-order valence-corrected chi connectivity index (χ0v) is 12.4. The first-order chi connectivity index (χ1) is 9.69. The van der Waals surface area contributed by atoms with Crippen molar-refractivity contribution in [2.75, 3.05) is 12.0 Å². The summed E-state index contributed by atoms with van der Waals surface area (Å²) in [6.07, 6.45) is 1.62. The molecule has 1 aromatic rings. The maximum Gasteiger partial charge on any atom is 0.321 e. The summed E-state index contributed by atoms with van der Waals surface area (Å²) < 4.78 is 65.1. The maximum absolute atomic E-state index is 13.5. The topological polar surface area (TPSA) is 83.5 Å². The van der Waals surface area contributed by atoms with Gasteiger partial charge in [0.15, 0.2) is 4.90 Å². The Balaban J connectivity index is 3.14. The number of sulfonamides is 1. The maximum atomic E-state index is 13.5. The summed E-state index contributed by atoms with van der Waals surface area (Å²) in [7, 11) is -4.77.